The smallest absolute Gasteiger partial charge is 0.322 e. The number of carboxylic acid groups (broad SMARTS) is 2. The maximum absolute atomic E-state index is 13.1. The van der Waals surface area contributed by atoms with Gasteiger partial charge in [0.2, 0.25) is 17.7 Å². The van der Waals surface area contributed by atoms with Crippen LogP contribution in [0.25, 0.3) is 10.9 Å². The molecule has 0 fully saturated rings. The first-order valence-corrected chi connectivity index (χ1v) is 11.7. The molecule has 14 heteroatoms. The number of hydrogen-bond acceptors (Lipinski definition) is 7. The number of aromatic nitrogens is 3. The number of carbonyl (C=O) groups excluding carboxylic acids is 3. The van der Waals surface area contributed by atoms with Crippen LogP contribution < -0.4 is 21.7 Å². The molecule has 202 valence electrons. The van der Waals surface area contributed by atoms with E-state index in [4.69, 9.17) is 15.9 Å². The second-order valence-corrected chi connectivity index (χ2v) is 8.62. The van der Waals surface area contributed by atoms with Crippen molar-refractivity contribution in [2.75, 3.05) is 6.54 Å². The number of nitrogens with zero attached hydrogens (tertiary/aromatic N) is 1. The van der Waals surface area contributed by atoms with E-state index in [1.165, 1.54) is 12.5 Å². The number of aromatic amines is 2. The van der Waals surface area contributed by atoms with Crippen LogP contribution in [0.15, 0.2) is 43.0 Å². The van der Waals surface area contributed by atoms with Gasteiger partial charge >= 0.3 is 11.9 Å². The van der Waals surface area contributed by atoms with Crippen molar-refractivity contribution in [1.29, 1.82) is 0 Å². The molecule has 0 saturated heterocycles. The number of benzene rings is 1. The molecule has 1 aromatic carbocycles. The third-order valence-electron chi connectivity index (χ3n) is 5.76. The van der Waals surface area contributed by atoms with Crippen molar-refractivity contribution < 1.29 is 34.2 Å². The lowest BCUT2D eigenvalue weighted by Crippen LogP contribution is -2.56. The molecule has 0 spiro atoms. The summed E-state index contributed by atoms with van der Waals surface area (Å²) in [7, 11) is 0. The first-order chi connectivity index (χ1) is 18.1. The zero-order valence-electron chi connectivity index (χ0n) is 20.3. The zero-order chi connectivity index (χ0) is 27.7. The van der Waals surface area contributed by atoms with Crippen molar-refractivity contribution in [3.8, 4) is 0 Å². The molecule has 3 aromatic rings. The summed E-state index contributed by atoms with van der Waals surface area (Å²) in [6.07, 6.45) is 3.93. The molecule has 0 aliphatic rings. The molecule has 9 N–H and O–H groups in total. The normalized spacial score (nSPS) is 13.3. The molecule has 3 atom stereocenters. The number of fused-ring (bicyclic) bond motifs is 1. The van der Waals surface area contributed by atoms with Crippen LogP contribution in [-0.4, -0.2) is 79.5 Å². The van der Waals surface area contributed by atoms with E-state index in [0.717, 1.165) is 16.5 Å². The second kappa shape index (κ2) is 13.0. The van der Waals surface area contributed by atoms with E-state index in [1.54, 1.807) is 6.20 Å². The number of rotatable bonds is 14. The molecule has 0 radical (unpaired) electrons. The van der Waals surface area contributed by atoms with Gasteiger partial charge in [-0.05, 0) is 24.5 Å². The summed E-state index contributed by atoms with van der Waals surface area (Å²) in [5.41, 5.74) is 8.26. The third-order valence-corrected chi connectivity index (χ3v) is 5.76. The summed E-state index contributed by atoms with van der Waals surface area (Å²) in [4.78, 5) is 70.3. The highest BCUT2D eigenvalue weighted by atomic mass is 16.4. The highest BCUT2D eigenvalue weighted by Gasteiger charge is 2.29. The van der Waals surface area contributed by atoms with Crippen LogP contribution in [0, 0.1) is 0 Å². The lowest BCUT2D eigenvalue weighted by Gasteiger charge is -2.23. The molecular weight excluding hydrogens is 498 g/mol. The van der Waals surface area contributed by atoms with Crippen molar-refractivity contribution in [2.24, 2.45) is 5.73 Å². The van der Waals surface area contributed by atoms with Gasteiger partial charge in [0.1, 0.15) is 18.6 Å². The van der Waals surface area contributed by atoms with E-state index >= 15 is 0 Å². The first-order valence-electron chi connectivity index (χ1n) is 11.7. The van der Waals surface area contributed by atoms with Crippen LogP contribution in [0.5, 0.6) is 0 Å². The Bertz CT molecular complexity index is 1290. The summed E-state index contributed by atoms with van der Waals surface area (Å²) in [5.74, 6) is -4.75. The van der Waals surface area contributed by atoms with Crippen LogP contribution in [0.3, 0.4) is 0 Å². The molecule has 3 amide bonds. The Morgan fingerprint density at radius 3 is 2.34 bits per heavy atom. The number of aliphatic carboxylic acids is 2. The molecule has 2 heterocycles. The monoisotopic (exact) mass is 527 g/mol. The minimum Gasteiger partial charge on any atom is -0.481 e. The molecule has 2 aromatic heterocycles. The minimum atomic E-state index is -1.32. The molecule has 0 bridgehead atoms. The molecule has 38 heavy (non-hydrogen) atoms. The molecule has 0 aliphatic heterocycles. The largest absolute Gasteiger partial charge is 0.481 e. The van der Waals surface area contributed by atoms with Gasteiger partial charge in [0.05, 0.1) is 12.4 Å². The highest BCUT2D eigenvalue weighted by molar-refractivity contribution is 5.94. The maximum atomic E-state index is 13.1. The zero-order valence-corrected chi connectivity index (χ0v) is 20.3. The molecule has 14 nitrogen and oxygen atoms in total. The lowest BCUT2D eigenvalue weighted by molar-refractivity contribution is -0.138. The van der Waals surface area contributed by atoms with Crippen LogP contribution in [-0.2, 0) is 36.8 Å². The number of imidazole rings is 1. The van der Waals surface area contributed by atoms with Gasteiger partial charge in [-0.15, -0.1) is 0 Å². The summed E-state index contributed by atoms with van der Waals surface area (Å²) in [5, 5.41) is 26.0. The number of nitrogens with two attached hydrogens (primary N) is 1. The predicted molar refractivity (Wildman–Crippen MR) is 134 cm³/mol. The van der Waals surface area contributed by atoms with Crippen molar-refractivity contribution in [3.05, 3.63) is 54.2 Å². The molecule has 3 unspecified atom stereocenters. The van der Waals surface area contributed by atoms with Crippen molar-refractivity contribution >= 4 is 40.6 Å². The van der Waals surface area contributed by atoms with Crippen molar-refractivity contribution in [1.82, 2.24) is 30.9 Å². The third kappa shape index (κ3) is 7.89. The fraction of sp³-hybridized carbons (Fsp3) is 0.333. The van der Waals surface area contributed by atoms with Gasteiger partial charge in [-0.25, -0.2) is 4.98 Å². The first kappa shape index (κ1) is 27.9. The summed E-state index contributed by atoms with van der Waals surface area (Å²) in [6.45, 7) is -0.671. The van der Waals surface area contributed by atoms with Crippen LogP contribution >= 0.6 is 0 Å². The number of carbonyl (C=O) groups is 5. The quantitative estimate of drug-likeness (QED) is 0.129. The maximum Gasteiger partial charge on any atom is 0.322 e. The predicted octanol–water partition coefficient (Wildman–Crippen LogP) is -0.961. The second-order valence-electron chi connectivity index (χ2n) is 8.62. The number of H-pyrrole nitrogens is 2. The number of nitrogens with one attached hydrogen (secondary N) is 5. The fourth-order valence-corrected chi connectivity index (χ4v) is 3.83. The Labute approximate surface area is 216 Å². The van der Waals surface area contributed by atoms with Gasteiger partial charge in [-0.3, -0.25) is 24.0 Å². The van der Waals surface area contributed by atoms with Crippen LogP contribution in [0.2, 0.25) is 0 Å². The van der Waals surface area contributed by atoms with Crippen molar-refractivity contribution in [3.63, 3.8) is 0 Å². The number of hydrogen-bond donors (Lipinski definition) is 8. The summed E-state index contributed by atoms with van der Waals surface area (Å²) in [6, 6.07) is 3.88. The van der Waals surface area contributed by atoms with Gasteiger partial charge in [-0.1, -0.05) is 18.2 Å². The van der Waals surface area contributed by atoms with Gasteiger partial charge < -0.3 is 41.9 Å². The van der Waals surface area contributed by atoms with E-state index in [0.29, 0.717) is 5.69 Å². The number of para-hydroxylation sites is 1. The van der Waals surface area contributed by atoms with E-state index in [9.17, 15) is 24.0 Å². The Kier molecular flexibility index (Phi) is 9.54. The SMILES string of the molecule is NC(Cc1c[nH]c2ccccc12)C(=O)NC(CCC(=O)O)C(=O)NC(Cc1cnc[nH]1)C(=O)NCC(=O)O. The number of carboxylic acids is 2. The summed E-state index contributed by atoms with van der Waals surface area (Å²) >= 11 is 0. The molecule has 3 rings (SSSR count). The fourth-order valence-electron chi connectivity index (χ4n) is 3.83. The number of amides is 3. The Hall–Kier alpha value is -4.72. The topological polar surface area (TPSA) is 232 Å². The van der Waals surface area contributed by atoms with Gasteiger partial charge in [0, 0.05) is 41.8 Å². The average molecular weight is 528 g/mol. The van der Waals surface area contributed by atoms with Crippen LogP contribution in [0.1, 0.15) is 24.1 Å². The molecule has 0 saturated carbocycles. The summed E-state index contributed by atoms with van der Waals surface area (Å²) < 4.78 is 0. The highest BCUT2D eigenvalue weighted by Crippen LogP contribution is 2.18. The molecule has 0 aliphatic carbocycles. The van der Waals surface area contributed by atoms with Crippen molar-refractivity contribution in [2.45, 2.75) is 43.8 Å². The van der Waals surface area contributed by atoms with Crippen LogP contribution in [0.4, 0.5) is 0 Å². The Morgan fingerprint density at radius 1 is 0.921 bits per heavy atom. The van der Waals surface area contributed by atoms with E-state index in [2.05, 4.69) is 30.9 Å². The minimum absolute atomic E-state index is 0.0587. The van der Waals surface area contributed by atoms with Gasteiger partial charge in [0.15, 0.2) is 0 Å². The van der Waals surface area contributed by atoms with E-state index in [-0.39, 0.29) is 19.3 Å². The molecular formula is C24H29N7O7. The standard InChI is InChI=1S/C24H29N7O7/c25-16(7-13-9-27-17-4-2-1-3-15(13)17)22(36)30-18(5-6-20(32)33)24(38)31-19(8-14-10-26-12-29-14)23(37)28-11-21(34)35/h1-4,9-10,12,16,18-19,27H,5-8,11,25H2,(H,26,29)(H,28,37)(H,30,36)(H,31,38)(H,32,33)(H,34,35). The Morgan fingerprint density at radius 2 is 1.66 bits per heavy atom. The average Bonchev–Trinajstić information content (AvgIpc) is 3.54. The Balaban J connectivity index is 1.71. The van der Waals surface area contributed by atoms with Gasteiger partial charge in [0.25, 0.3) is 0 Å². The van der Waals surface area contributed by atoms with E-state index < -0.39 is 60.8 Å². The van der Waals surface area contributed by atoms with E-state index in [1.807, 2.05) is 24.3 Å². The lowest BCUT2D eigenvalue weighted by atomic mass is 10.0. The van der Waals surface area contributed by atoms with Gasteiger partial charge in [-0.2, -0.15) is 0 Å².